The first-order valence-electron chi connectivity index (χ1n) is 5.68. The first-order chi connectivity index (χ1) is 8.65. The molecule has 1 saturated heterocycles. The summed E-state index contributed by atoms with van der Waals surface area (Å²) in [6.45, 7) is 3.69. The molecule has 0 radical (unpaired) electrons. The van der Waals surface area contributed by atoms with E-state index in [9.17, 15) is 0 Å². The quantitative estimate of drug-likeness (QED) is 0.831. The van der Waals surface area contributed by atoms with E-state index in [1.54, 1.807) is 0 Å². The van der Waals surface area contributed by atoms with E-state index in [1.165, 1.54) is 0 Å². The minimum atomic E-state index is -0.403. The second-order valence-corrected chi connectivity index (χ2v) is 4.62. The summed E-state index contributed by atoms with van der Waals surface area (Å²) in [5.74, 6) is 0.696. The molecule has 1 aliphatic heterocycles. The number of ether oxygens (including phenoxy) is 2. The Morgan fingerprint density at radius 1 is 1.28 bits per heavy atom. The molecule has 0 N–H and O–H groups in total. The molecular weight excluding hydrogens is 254 g/mol. The van der Waals surface area contributed by atoms with Crippen LogP contribution in [0.5, 0.6) is 0 Å². The van der Waals surface area contributed by atoms with Gasteiger partial charge < -0.3 is 14.0 Å². The normalized spacial score (nSPS) is 22.8. The molecule has 0 unspecified atom stereocenters. The number of nitrogens with zero attached hydrogens (tertiary/aromatic N) is 1. The Morgan fingerprint density at radius 2 is 2.06 bits per heavy atom. The Balaban J connectivity index is 2.02. The van der Waals surface area contributed by atoms with Gasteiger partial charge in [0, 0.05) is 10.6 Å². The van der Waals surface area contributed by atoms with Crippen LogP contribution in [0, 0.1) is 6.92 Å². The zero-order valence-electron chi connectivity index (χ0n) is 10.0. The Morgan fingerprint density at radius 3 is 2.72 bits per heavy atom. The average molecular weight is 266 g/mol. The van der Waals surface area contributed by atoms with Crippen molar-refractivity contribution in [3.8, 4) is 11.3 Å². The average Bonchev–Trinajstić information content (AvgIpc) is 2.67. The number of halogens is 1. The topological polar surface area (TPSA) is 44.5 Å². The lowest BCUT2D eigenvalue weighted by Crippen LogP contribution is -2.32. The molecule has 18 heavy (non-hydrogen) atoms. The molecule has 0 atom stereocenters. The first-order valence-corrected chi connectivity index (χ1v) is 6.06. The van der Waals surface area contributed by atoms with Crippen molar-refractivity contribution in [3.05, 3.63) is 40.6 Å². The minimum Gasteiger partial charge on any atom is -0.361 e. The van der Waals surface area contributed by atoms with E-state index in [4.69, 9.17) is 25.6 Å². The summed E-state index contributed by atoms with van der Waals surface area (Å²) in [5, 5.41) is 4.72. The van der Waals surface area contributed by atoms with E-state index in [1.807, 2.05) is 38.1 Å². The zero-order valence-corrected chi connectivity index (χ0v) is 10.8. The van der Waals surface area contributed by atoms with Gasteiger partial charge in [0.2, 0.25) is 0 Å². The van der Waals surface area contributed by atoms with Gasteiger partial charge in [0.25, 0.3) is 0 Å². The SMILES string of the molecule is Cc1onc(-c2cccc(Cl)c2)c1C1OC(C)O1. The number of hydrogen-bond donors (Lipinski definition) is 0. The standard InChI is InChI=1S/C13H12ClNO3/c1-7-11(13-16-8(2)17-13)12(15-18-7)9-4-3-5-10(14)6-9/h3-6,8,13H,1-2H3. The maximum absolute atomic E-state index is 5.98. The van der Waals surface area contributed by atoms with Crippen molar-refractivity contribution in [1.29, 1.82) is 0 Å². The molecule has 0 aliphatic carbocycles. The molecule has 1 fully saturated rings. The molecule has 0 bridgehead atoms. The van der Waals surface area contributed by atoms with Crippen LogP contribution in [-0.2, 0) is 9.47 Å². The summed E-state index contributed by atoms with van der Waals surface area (Å²) >= 11 is 5.98. The second-order valence-electron chi connectivity index (χ2n) is 4.18. The minimum absolute atomic E-state index is 0.184. The smallest absolute Gasteiger partial charge is 0.195 e. The Kier molecular flexibility index (Phi) is 2.86. The summed E-state index contributed by atoms with van der Waals surface area (Å²) in [5.41, 5.74) is 2.43. The molecule has 0 spiro atoms. The van der Waals surface area contributed by atoms with Gasteiger partial charge >= 0.3 is 0 Å². The highest BCUT2D eigenvalue weighted by molar-refractivity contribution is 6.30. The molecular formula is C13H12ClNO3. The van der Waals surface area contributed by atoms with Gasteiger partial charge in [-0.05, 0) is 26.0 Å². The molecule has 1 aromatic carbocycles. The fraction of sp³-hybridized carbons (Fsp3) is 0.308. The third-order valence-corrected chi connectivity index (χ3v) is 3.11. The number of benzene rings is 1. The summed E-state index contributed by atoms with van der Waals surface area (Å²) in [4.78, 5) is 0. The van der Waals surface area contributed by atoms with E-state index >= 15 is 0 Å². The second kappa shape index (κ2) is 4.39. The highest BCUT2D eigenvalue weighted by Crippen LogP contribution is 2.39. The maximum atomic E-state index is 5.98. The predicted octanol–water partition coefficient (Wildman–Crippen LogP) is 3.69. The Labute approximate surface area is 109 Å². The molecule has 5 heteroatoms. The lowest BCUT2D eigenvalue weighted by molar-refractivity contribution is -0.382. The highest BCUT2D eigenvalue weighted by atomic mass is 35.5. The van der Waals surface area contributed by atoms with Crippen molar-refractivity contribution >= 4 is 11.6 Å². The molecule has 0 saturated carbocycles. The van der Waals surface area contributed by atoms with Gasteiger partial charge in [-0.3, -0.25) is 0 Å². The predicted molar refractivity (Wildman–Crippen MR) is 66.1 cm³/mol. The van der Waals surface area contributed by atoms with Gasteiger partial charge in [-0.1, -0.05) is 28.9 Å². The van der Waals surface area contributed by atoms with E-state index in [-0.39, 0.29) is 6.29 Å². The van der Waals surface area contributed by atoms with E-state index in [0.717, 1.165) is 11.1 Å². The van der Waals surface area contributed by atoms with Gasteiger partial charge in [0.15, 0.2) is 12.6 Å². The number of aromatic nitrogens is 1. The fourth-order valence-electron chi connectivity index (χ4n) is 2.00. The van der Waals surface area contributed by atoms with Gasteiger partial charge in [-0.15, -0.1) is 0 Å². The van der Waals surface area contributed by atoms with Crippen LogP contribution in [0.1, 0.15) is 24.5 Å². The van der Waals surface area contributed by atoms with E-state index in [0.29, 0.717) is 16.5 Å². The van der Waals surface area contributed by atoms with Crippen LogP contribution >= 0.6 is 11.6 Å². The summed E-state index contributed by atoms with van der Waals surface area (Å²) in [6, 6.07) is 7.45. The molecule has 1 aromatic heterocycles. The van der Waals surface area contributed by atoms with Crippen LogP contribution in [0.15, 0.2) is 28.8 Å². The largest absolute Gasteiger partial charge is 0.361 e. The van der Waals surface area contributed by atoms with Gasteiger partial charge in [-0.2, -0.15) is 0 Å². The van der Waals surface area contributed by atoms with Crippen molar-refractivity contribution < 1.29 is 14.0 Å². The van der Waals surface area contributed by atoms with Gasteiger partial charge in [0.05, 0.1) is 5.56 Å². The number of aryl methyl sites for hydroxylation is 1. The molecule has 94 valence electrons. The molecule has 4 nitrogen and oxygen atoms in total. The van der Waals surface area contributed by atoms with Gasteiger partial charge in [0.1, 0.15) is 11.5 Å². The fourth-order valence-corrected chi connectivity index (χ4v) is 2.19. The maximum Gasteiger partial charge on any atom is 0.195 e. The van der Waals surface area contributed by atoms with Crippen molar-refractivity contribution in [3.63, 3.8) is 0 Å². The molecule has 2 aromatic rings. The summed E-state index contributed by atoms with van der Waals surface area (Å²) < 4.78 is 16.2. The number of rotatable bonds is 2. The van der Waals surface area contributed by atoms with Gasteiger partial charge in [-0.25, -0.2) is 0 Å². The van der Waals surface area contributed by atoms with Crippen LogP contribution in [0.4, 0.5) is 0 Å². The molecule has 2 heterocycles. The zero-order chi connectivity index (χ0) is 12.7. The van der Waals surface area contributed by atoms with E-state index < -0.39 is 6.29 Å². The van der Waals surface area contributed by atoms with Crippen LogP contribution in [-0.4, -0.2) is 11.4 Å². The van der Waals surface area contributed by atoms with Crippen molar-refractivity contribution in [2.75, 3.05) is 0 Å². The summed E-state index contributed by atoms with van der Waals surface area (Å²) in [6.07, 6.45) is -0.586. The van der Waals surface area contributed by atoms with Crippen molar-refractivity contribution in [2.45, 2.75) is 26.4 Å². The van der Waals surface area contributed by atoms with Crippen LogP contribution in [0.3, 0.4) is 0 Å². The molecule has 3 rings (SSSR count). The first kappa shape index (κ1) is 11.7. The van der Waals surface area contributed by atoms with Crippen molar-refractivity contribution in [1.82, 2.24) is 5.16 Å². The highest BCUT2D eigenvalue weighted by Gasteiger charge is 2.34. The lowest BCUT2D eigenvalue weighted by Gasteiger charge is -2.33. The molecule has 1 aliphatic rings. The van der Waals surface area contributed by atoms with Crippen LogP contribution in [0.25, 0.3) is 11.3 Å². The lowest BCUT2D eigenvalue weighted by atomic mass is 10.1. The Hall–Kier alpha value is -1.36. The third-order valence-electron chi connectivity index (χ3n) is 2.87. The van der Waals surface area contributed by atoms with Crippen LogP contribution in [0.2, 0.25) is 5.02 Å². The van der Waals surface area contributed by atoms with Crippen LogP contribution < -0.4 is 0 Å². The summed E-state index contributed by atoms with van der Waals surface area (Å²) in [7, 11) is 0. The van der Waals surface area contributed by atoms with Crippen molar-refractivity contribution in [2.24, 2.45) is 0 Å². The third kappa shape index (κ3) is 1.92. The number of hydrogen-bond acceptors (Lipinski definition) is 4. The monoisotopic (exact) mass is 265 g/mol. The van der Waals surface area contributed by atoms with E-state index in [2.05, 4.69) is 5.16 Å². The molecule has 0 amide bonds. The Bertz CT molecular complexity index is 575.